The Morgan fingerprint density at radius 2 is 2.10 bits per heavy atom. The summed E-state index contributed by atoms with van der Waals surface area (Å²) in [5.74, 6) is 1.51. The second-order valence-electron chi connectivity index (χ2n) is 5.14. The summed E-state index contributed by atoms with van der Waals surface area (Å²) in [6.07, 6.45) is 0.726. The molecule has 1 heterocycles. The maximum atomic E-state index is 6.32. The van der Waals surface area contributed by atoms with Gasteiger partial charge in [-0.05, 0) is 26.2 Å². The Labute approximate surface area is 135 Å². The highest BCUT2D eigenvalue weighted by Crippen LogP contribution is 2.25. The van der Waals surface area contributed by atoms with Gasteiger partial charge in [0.15, 0.2) is 0 Å². The van der Waals surface area contributed by atoms with Crippen molar-refractivity contribution in [2.24, 2.45) is 0 Å². The number of likely N-dealkylation sites (N-methyl/N-ethyl adjacent to an activating group) is 1. The molecule has 0 aliphatic rings. The SMILES string of the molecule is CN(C)CCOCCn1c(CCCl)nc2cccc(Cl)c21. The van der Waals surface area contributed by atoms with Gasteiger partial charge in [0.05, 0.1) is 29.3 Å². The number of fused-ring (bicyclic) bond motifs is 1. The monoisotopic (exact) mass is 329 g/mol. The number of aromatic nitrogens is 2. The number of halogens is 2. The molecule has 0 fully saturated rings. The number of hydrogen-bond acceptors (Lipinski definition) is 3. The molecule has 0 aliphatic carbocycles. The van der Waals surface area contributed by atoms with Gasteiger partial charge in [0, 0.05) is 25.4 Å². The number of ether oxygens (including phenoxy) is 1. The summed E-state index contributed by atoms with van der Waals surface area (Å²) in [5, 5.41) is 0.717. The standard InChI is InChI=1S/C15H21Cl2N3O/c1-19(2)8-10-21-11-9-20-14(6-7-16)18-13-5-3-4-12(17)15(13)20/h3-5H,6-11H2,1-2H3. The number of aryl methyl sites for hydroxylation is 1. The number of alkyl halides is 1. The average molecular weight is 330 g/mol. The maximum Gasteiger partial charge on any atom is 0.111 e. The van der Waals surface area contributed by atoms with Crippen molar-refractivity contribution in [3.05, 3.63) is 29.0 Å². The molecule has 21 heavy (non-hydrogen) atoms. The summed E-state index contributed by atoms with van der Waals surface area (Å²) in [4.78, 5) is 6.72. The molecule has 0 amide bonds. The van der Waals surface area contributed by atoms with Crippen molar-refractivity contribution in [2.45, 2.75) is 13.0 Å². The lowest BCUT2D eigenvalue weighted by Crippen LogP contribution is -2.19. The molecular formula is C15H21Cl2N3O. The summed E-state index contributed by atoms with van der Waals surface area (Å²) in [6.45, 7) is 3.01. The van der Waals surface area contributed by atoms with Gasteiger partial charge in [0.2, 0.25) is 0 Å². The Balaban J connectivity index is 2.10. The van der Waals surface area contributed by atoms with Crippen LogP contribution in [0.1, 0.15) is 5.82 Å². The Kier molecular flexibility index (Phi) is 6.30. The lowest BCUT2D eigenvalue weighted by Gasteiger charge is -2.12. The summed E-state index contributed by atoms with van der Waals surface area (Å²) in [7, 11) is 4.07. The van der Waals surface area contributed by atoms with Crippen LogP contribution < -0.4 is 0 Å². The van der Waals surface area contributed by atoms with E-state index in [0.29, 0.717) is 17.5 Å². The largest absolute Gasteiger partial charge is 0.378 e. The number of rotatable bonds is 8. The van der Waals surface area contributed by atoms with Crippen LogP contribution in [-0.2, 0) is 17.7 Å². The molecule has 4 nitrogen and oxygen atoms in total. The van der Waals surface area contributed by atoms with Gasteiger partial charge >= 0.3 is 0 Å². The van der Waals surface area contributed by atoms with Crippen molar-refractivity contribution in [1.82, 2.24) is 14.5 Å². The van der Waals surface area contributed by atoms with E-state index in [1.54, 1.807) is 0 Å². The molecule has 0 saturated carbocycles. The first kappa shape index (κ1) is 16.6. The fraction of sp³-hybridized carbons (Fsp3) is 0.533. The zero-order valence-electron chi connectivity index (χ0n) is 12.5. The number of hydrogen-bond donors (Lipinski definition) is 0. The van der Waals surface area contributed by atoms with E-state index in [9.17, 15) is 0 Å². The molecule has 6 heteroatoms. The van der Waals surface area contributed by atoms with Crippen LogP contribution in [-0.4, -0.2) is 54.2 Å². The van der Waals surface area contributed by atoms with Crippen molar-refractivity contribution in [1.29, 1.82) is 0 Å². The van der Waals surface area contributed by atoms with E-state index in [1.165, 1.54) is 0 Å². The summed E-state index contributed by atoms with van der Waals surface area (Å²) in [5.41, 5.74) is 1.88. The van der Waals surface area contributed by atoms with Crippen LogP contribution in [0.5, 0.6) is 0 Å². The second-order valence-corrected chi connectivity index (χ2v) is 5.93. The van der Waals surface area contributed by atoms with Crippen molar-refractivity contribution in [2.75, 3.05) is 39.7 Å². The summed E-state index contributed by atoms with van der Waals surface area (Å²) < 4.78 is 7.79. The number of benzene rings is 1. The molecule has 0 N–H and O–H groups in total. The first-order chi connectivity index (χ1) is 10.1. The third kappa shape index (κ3) is 4.33. The zero-order valence-corrected chi connectivity index (χ0v) is 14.0. The lowest BCUT2D eigenvalue weighted by atomic mass is 10.3. The van der Waals surface area contributed by atoms with E-state index in [0.717, 1.165) is 43.0 Å². The minimum absolute atomic E-state index is 0.544. The van der Waals surface area contributed by atoms with Gasteiger partial charge in [-0.2, -0.15) is 0 Å². The molecule has 0 unspecified atom stereocenters. The molecule has 0 atom stereocenters. The molecular weight excluding hydrogens is 309 g/mol. The highest BCUT2D eigenvalue weighted by molar-refractivity contribution is 6.35. The average Bonchev–Trinajstić information content (AvgIpc) is 2.78. The molecule has 1 aromatic carbocycles. The van der Waals surface area contributed by atoms with Gasteiger partial charge in [-0.1, -0.05) is 17.7 Å². The van der Waals surface area contributed by atoms with Crippen molar-refractivity contribution in [3.63, 3.8) is 0 Å². The molecule has 0 radical (unpaired) electrons. The van der Waals surface area contributed by atoms with Crippen LogP contribution in [0, 0.1) is 0 Å². The van der Waals surface area contributed by atoms with Gasteiger partial charge in [0.25, 0.3) is 0 Å². The molecule has 116 valence electrons. The normalized spacial score (nSPS) is 11.7. The zero-order chi connectivity index (χ0) is 15.2. The third-order valence-electron chi connectivity index (χ3n) is 3.26. The highest BCUT2D eigenvalue weighted by Gasteiger charge is 2.12. The van der Waals surface area contributed by atoms with Crippen molar-refractivity contribution >= 4 is 34.2 Å². The maximum absolute atomic E-state index is 6.32. The summed E-state index contributed by atoms with van der Waals surface area (Å²) in [6, 6.07) is 5.78. The van der Waals surface area contributed by atoms with E-state index >= 15 is 0 Å². The topological polar surface area (TPSA) is 30.3 Å². The van der Waals surface area contributed by atoms with Gasteiger partial charge in [-0.25, -0.2) is 4.98 Å². The summed E-state index contributed by atoms with van der Waals surface area (Å²) >= 11 is 12.2. The van der Waals surface area contributed by atoms with E-state index in [4.69, 9.17) is 27.9 Å². The van der Waals surface area contributed by atoms with Gasteiger partial charge in [-0.15, -0.1) is 11.6 Å². The Hall–Kier alpha value is -0.810. The highest BCUT2D eigenvalue weighted by atomic mass is 35.5. The van der Waals surface area contributed by atoms with Gasteiger partial charge in [-0.3, -0.25) is 0 Å². The first-order valence-electron chi connectivity index (χ1n) is 7.05. The molecule has 2 rings (SSSR count). The van der Waals surface area contributed by atoms with Crippen LogP contribution in [0.25, 0.3) is 11.0 Å². The Bertz CT molecular complexity index is 584. The predicted molar refractivity (Wildman–Crippen MR) is 88.5 cm³/mol. The molecule has 0 saturated heterocycles. The molecule has 0 spiro atoms. The van der Waals surface area contributed by atoms with E-state index in [1.807, 2.05) is 32.3 Å². The van der Waals surface area contributed by atoms with E-state index in [-0.39, 0.29) is 0 Å². The van der Waals surface area contributed by atoms with Crippen LogP contribution in [0.4, 0.5) is 0 Å². The number of para-hydroxylation sites is 1. The quantitative estimate of drug-likeness (QED) is 0.550. The van der Waals surface area contributed by atoms with Crippen molar-refractivity contribution in [3.8, 4) is 0 Å². The minimum atomic E-state index is 0.544. The fourth-order valence-electron chi connectivity index (χ4n) is 2.21. The van der Waals surface area contributed by atoms with Crippen LogP contribution in [0.2, 0.25) is 5.02 Å². The van der Waals surface area contributed by atoms with Crippen LogP contribution >= 0.6 is 23.2 Å². The lowest BCUT2D eigenvalue weighted by molar-refractivity contribution is 0.111. The predicted octanol–water partition coefficient (Wildman–Crippen LogP) is 3.05. The molecule has 1 aromatic heterocycles. The Morgan fingerprint density at radius 1 is 1.29 bits per heavy atom. The van der Waals surface area contributed by atoms with E-state index in [2.05, 4.69) is 14.5 Å². The number of nitrogens with zero attached hydrogens (tertiary/aromatic N) is 3. The van der Waals surface area contributed by atoms with Gasteiger partial charge in [0.1, 0.15) is 5.82 Å². The van der Waals surface area contributed by atoms with Crippen LogP contribution in [0.3, 0.4) is 0 Å². The van der Waals surface area contributed by atoms with Crippen molar-refractivity contribution < 1.29 is 4.74 Å². The molecule has 0 bridgehead atoms. The van der Waals surface area contributed by atoms with Crippen LogP contribution in [0.15, 0.2) is 18.2 Å². The second kappa shape index (κ2) is 7.99. The molecule has 2 aromatic rings. The van der Waals surface area contributed by atoms with Gasteiger partial charge < -0.3 is 14.2 Å². The number of imidazole rings is 1. The first-order valence-corrected chi connectivity index (χ1v) is 7.96. The minimum Gasteiger partial charge on any atom is -0.378 e. The van der Waals surface area contributed by atoms with E-state index < -0.39 is 0 Å². The fourth-order valence-corrected chi connectivity index (χ4v) is 2.65. The third-order valence-corrected chi connectivity index (χ3v) is 3.75. The Morgan fingerprint density at radius 3 is 2.81 bits per heavy atom. The molecule has 0 aliphatic heterocycles. The smallest absolute Gasteiger partial charge is 0.111 e.